The molecule has 1 aromatic rings. The van der Waals surface area contributed by atoms with Crippen molar-refractivity contribution in [1.82, 2.24) is 0 Å². The van der Waals surface area contributed by atoms with Gasteiger partial charge in [0.1, 0.15) is 5.82 Å². The van der Waals surface area contributed by atoms with Crippen molar-refractivity contribution in [2.45, 2.75) is 6.18 Å². The van der Waals surface area contributed by atoms with E-state index in [1.165, 1.54) is 22.6 Å². The van der Waals surface area contributed by atoms with Gasteiger partial charge in [-0.15, -0.1) is 0 Å². The van der Waals surface area contributed by atoms with Gasteiger partial charge >= 0.3 is 6.18 Å². The lowest BCUT2D eigenvalue weighted by Gasteiger charge is -2.08. The monoisotopic (exact) mass is 331 g/mol. The molecule has 0 unspecified atom stereocenters. The van der Waals surface area contributed by atoms with Crippen LogP contribution in [0, 0.1) is 9.39 Å². The second-order valence-electron chi connectivity index (χ2n) is 2.48. The highest BCUT2D eigenvalue weighted by molar-refractivity contribution is 14.1. The summed E-state index contributed by atoms with van der Waals surface area (Å²) in [6.45, 7) is 0. The van der Waals surface area contributed by atoms with Crippen LogP contribution in [-0.4, -0.2) is 0 Å². The van der Waals surface area contributed by atoms with Crippen LogP contribution in [0.3, 0.4) is 0 Å². The Kier molecular flexibility index (Phi) is 3.40. The van der Waals surface area contributed by atoms with Gasteiger partial charge in [0.15, 0.2) is 0 Å². The highest BCUT2D eigenvalue weighted by Gasteiger charge is 2.32. The SMILES string of the molecule is [N-]=[N+]=Nc1cc(C(F)(F)F)cc(F)c1I. The molecule has 0 fully saturated rings. The van der Waals surface area contributed by atoms with E-state index in [-0.39, 0.29) is 9.26 Å². The molecule has 0 bridgehead atoms. The summed E-state index contributed by atoms with van der Waals surface area (Å²) in [5.74, 6) is -1.06. The third kappa shape index (κ3) is 2.72. The van der Waals surface area contributed by atoms with E-state index in [9.17, 15) is 17.6 Å². The van der Waals surface area contributed by atoms with Crippen LogP contribution in [0.1, 0.15) is 5.56 Å². The predicted octanol–water partition coefficient (Wildman–Crippen LogP) is 4.39. The van der Waals surface area contributed by atoms with Crippen LogP contribution in [0.25, 0.3) is 10.4 Å². The molecule has 0 aromatic heterocycles. The van der Waals surface area contributed by atoms with Crippen molar-refractivity contribution in [1.29, 1.82) is 0 Å². The first-order valence-corrected chi connectivity index (χ1v) is 4.55. The number of hydrogen-bond acceptors (Lipinski definition) is 1. The smallest absolute Gasteiger partial charge is 0.206 e. The summed E-state index contributed by atoms with van der Waals surface area (Å²) in [5.41, 5.74) is 6.53. The Morgan fingerprint density at radius 1 is 1.33 bits per heavy atom. The number of alkyl halides is 3. The van der Waals surface area contributed by atoms with Gasteiger partial charge in [-0.05, 0) is 40.3 Å². The molecule has 3 nitrogen and oxygen atoms in total. The Morgan fingerprint density at radius 3 is 2.40 bits per heavy atom. The average Bonchev–Trinajstić information content (AvgIpc) is 2.11. The van der Waals surface area contributed by atoms with Crippen molar-refractivity contribution >= 4 is 28.3 Å². The fraction of sp³-hybridized carbons (Fsp3) is 0.143. The van der Waals surface area contributed by atoms with Crippen LogP contribution < -0.4 is 0 Å². The fourth-order valence-corrected chi connectivity index (χ4v) is 1.28. The van der Waals surface area contributed by atoms with E-state index in [1.807, 2.05) is 0 Å². The predicted molar refractivity (Wildman–Crippen MR) is 52.9 cm³/mol. The summed E-state index contributed by atoms with van der Waals surface area (Å²) in [6.07, 6.45) is -4.66. The van der Waals surface area contributed by atoms with Crippen molar-refractivity contribution in [3.63, 3.8) is 0 Å². The molecule has 0 heterocycles. The first-order chi connectivity index (χ1) is 6.86. The summed E-state index contributed by atoms with van der Waals surface area (Å²) in [4.78, 5) is 2.32. The van der Waals surface area contributed by atoms with Gasteiger partial charge in [0.2, 0.25) is 0 Å². The molecule has 0 aliphatic carbocycles. The van der Waals surface area contributed by atoms with Gasteiger partial charge in [-0.1, -0.05) is 5.11 Å². The summed E-state index contributed by atoms with van der Waals surface area (Å²) >= 11 is 1.47. The molecule has 8 heteroatoms. The first-order valence-electron chi connectivity index (χ1n) is 3.47. The Bertz CT molecular complexity index is 437. The van der Waals surface area contributed by atoms with Crippen molar-refractivity contribution < 1.29 is 17.6 Å². The molecule has 0 saturated carbocycles. The Hall–Kier alpha value is -1.02. The van der Waals surface area contributed by atoms with Gasteiger partial charge in [-0.25, -0.2) is 4.39 Å². The molecule has 0 spiro atoms. The van der Waals surface area contributed by atoms with Gasteiger partial charge in [0, 0.05) is 4.91 Å². The Labute approximate surface area is 94.9 Å². The van der Waals surface area contributed by atoms with E-state index >= 15 is 0 Å². The zero-order chi connectivity index (χ0) is 11.6. The van der Waals surface area contributed by atoms with Gasteiger partial charge in [0.05, 0.1) is 14.8 Å². The molecule has 0 aliphatic rings. The highest BCUT2D eigenvalue weighted by Crippen LogP contribution is 2.35. The quantitative estimate of drug-likeness (QED) is 0.241. The molecule has 1 rings (SSSR count). The largest absolute Gasteiger partial charge is 0.416 e. The fourth-order valence-electron chi connectivity index (χ4n) is 0.859. The van der Waals surface area contributed by atoms with Crippen LogP contribution in [0.4, 0.5) is 23.2 Å². The maximum absolute atomic E-state index is 13.0. The number of benzene rings is 1. The molecule has 0 aliphatic heterocycles. The van der Waals surface area contributed by atoms with Crippen LogP contribution in [0.5, 0.6) is 0 Å². The number of rotatable bonds is 1. The molecule has 15 heavy (non-hydrogen) atoms. The van der Waals surface area contributed by atoms with Crippen LogP contribution in [-0.2, 0) is 6.18 Å². The number of nitrogens with zero attached hydrogens (tertiary/aromatic N) is 3. The summed E-state index contributed by atoms with van der Waals surface area (Å²) < 4.78 is 49.5. The minimum absolute atomic E-state index is 0.140. The zero-order valence-electron chi connectivity index (χ0n) is 6.89. The zero-order valence-corrected chi connectivity index (χ0v) is 9.04. The van der Waals surface area contributed by atoms with Crippen molar-refractivity contribution in [2.75, 3.05) is 0 Å². The van der Waals surface area contributed by atoms with E-state index in [2.05, 4.69) is 10.0 Å². The van der Waals surface area contributed by atoms with E-state index in [4.69, 9.17) is 5.53 Å². The minimum Gasteiger partial charge on any atom is -0.206 e. The van der Waals surface area contributed by atoms with Crippen molar-refractivity contribution in [2.24, 2.45) is 5.11 Å². The van der Waals surface area contributed by atoms with E-state index in [0.29, 0.717) is 12.1 Å². The molecule has 1 aromatic carbocycles. The molecular formula is C7H2F4IN3. The van der Waals surface area contributed by atoms with Crippen molar-refractivity contribution in [3.8, 4) is 0 Å². The third-order valence-electron chi connectivity index (χ3n) is 1.49. The molecule has 80 valence electrons. The van der Waals surface area contributed by atoms with E-state index in [1.54, 1.807) is 0 Å². The minimum atomic E-state index is -4.66. The molecule has 0 N–H and O–H groups in total. The summed E-state index contributed by atoms with van der Waals surface area (Å²) in [7, 11) is 0. The number of halogens is 5. The van der Waals surface area contributed by atoms with Gasteiger partial charge in [-0.2, -0.15) is 13.2 Å². The van der Waals surface area contributed by atoms with Crippen LogP contribution in [0.15, 0.2) is 17.2 Å². The lowest BCUT2D eigenvalue weighted by atomic mass is 10.2. The maximum Gasteiger partial charge on any atom is 0.416 e. The van der Waals surface area contributed by atoms with Crippen molar-refractivity contribution in [3.05, 3.63) is 37.5 Å². The Morgan fingerprint density at radius 2 is 1.93 bits per heavy atom. The number of hydrogen-bond donors (Lipinski definition) is 0. The standard InChI is InChI=1S/C7H2F4IN3/c8-4-1-3(7(9,10)11)2-5(6(4)12)14-15-13/h1-2H. The maximum atomic E-state index is 13.0. The lowest BCUT2D eigenvalue weighted by Crippen LogP contribution is -2.05. The second kappa shape index (κ2) is 4.23. The first kappa shape index (κ1) is 12.1. The van der Waals surface area contributed by atoms with Crippen LogP contribution >= 0.6 is 22.6 Å². The average molecular weight is 331 g/mol. The van der Waals surface area contributed by atoms with E-state index in [0.717, 1.165) is 0 Å². The molecule has 0 radical (unpaired) electrons. The molecule has 0 amide bonds. The molecular weight excluding hydrogens is 329 g/mol. The third-order valence-corrected chi connectivity index (χ3v) is 2.56. The van der Waals surface area contributed by atoms with E-state index < -0.39 is 17.6 Å². The van der Waals surface area contributed by atoms with Gasteiger partial charge in [0.25, 0.3) is 0 Å². The molecule has 0 atom stereocenters. The Balaban J connectivity index is 3.42. The topological polar surface area (TPSA) is 48.8 Å². The van der Waals surface area contributed by atoms with Gasteiger partial charge < -0.3 is 0 Å². The summed E-state index contributed by atoms with van der Waals surface area (Å²) in [5, 5.41) is 2.97. The summed E-state index contributed by atoms with van der Waals surface area (Å²) in [6, 6.07) is 0.961. The normalized spacial score (nSPS) is 11.0. The second-order valence-corrected chi connectivity index (χ2v) is 3.56. The number of azide groups is 1. The van der Waals surface area contributed by atoms with Crippen LogP contribution in [0.2, 0.25) is 0 Å². The lowest BCUT2D eigenvalue weighted by molar-refractivity contribution is -0.137. The van der Waals surface area contributed by atoms with Gasteiger partial charge in [-0.3, -0.25) is 0 Å². The molecule has 0 saturated heterocycles. The highest BCUT2D eigenvalue weighted by atomic mass is 127.